The molecule has 35 heavy (non-hydrogen) atoms. The van der Waals surface area contributed by atoms with E-state index >= 15 is 0 Å². The normalized spacial score (nSPS) is 10.9. The van der Waals surface area contributed by atoms with Crippen LogP contribution >= 0.6 is 11.3 Å². The number of aromatic nitrogens is 4. The highest BCUT2D eigenvalue weighted by Gasteiger charge is 2.17. The minimum absolute atomic E-state index is 0.0463. The molecule has 1 N–H and O–H groups in total. The van der Waals surface area contributed by atoms with E-state index in [1.54, 1.807) is 22.3 Å². The summed E-state index contributed by atoms with van der Waals surface area (Å²) in [7, 11) is 0. The molecule has 0 unspecified atom stereocenters. The quantitative estimate of drug-likeness (QED) is 0.328. The molecule has 2 aromatic heterocycles. The topological polar surface area (TPSA) is 72.7 Å². The first kappa shape index (κ1) is 22.7. The fourth-order valence-corrected chi connectivity index (χ4v) is 4.88. The molecule has 0 radical (unpaired) electrons. The molecule has 0 spiro atoms. The van der Waals surface area contributed by atoms with Gasteiger partial charge < -0.3 is 5.32 Å². The second-order valence-corrected chi connectivity index (χ2v) is 9.39. The van der Waals surface area contributed by atoms with Gasteiger partial charge in [0, 0.05) is 12.1 Å². The predicted octanol–water partition coefficient (Wildman–Crippen LogP) is 5.28. The van der Waals surface area contributed by atoms with Gasteiger partial charge in [0.25, 0.3) is 0 Å². The third-order valence-electron chi connectivity index (χ3n) is 5.68. The van der Waals surface area contributed by atoms with Crippen LogP contribution in [0.5, 0.6) is 0 Å². The molecule has 0 saturated heterocycles. The smallest absolute Gasteiger partial charge is 0.226 e. The molecule has 174 valence electrons. The minimum atomic E-state index is -0.0463. The van der Waals surface area contributed by atoms with E-state index in [2.05, 4.69) is 46.6 Å². The highest BCUT2D eigenvalue weighted by molar-refractivity contribution is 7.18. The van der Waals surface area contributed by atoms with Gasteiger partial charge in [-0.2, -0.15) is 5.10 Å². The van der Waals surface area contributed by atoms with Crippen LogP contribution in [0.4, 0.5) is 0 Å². The maximum absolute atomic E-state index is 12.9. The molecular weight excluding hydrogens is 454 g/mol. The Morgan fingerprint density at radius 3 is 2.37 bits per heavy atom. The molecule has 5 aromatic rings. The summed E-state index contributed by atoms with van der Waals surface area (Å²) >= 11 is 1.63. The van der Waals surface area contributed by atoms with Gasteiger partial charge in [0.2, 0.25) is 5.91 Å². The summed E-state index contributed by atoms with van der Waals surface area (Å²) in [4.78, 5) is 22.8. The molecule has 2 heterocycles. The van der Waals surface area contributed by atoms with E-state index in [0.29, 0.717) is 13.1 Å². The second kappa shape index (κ2) is 10.4. The summed E-state index contributed by atoms with van der Waals surface area (Å²) < 4.78 is 1.78. The highest BCUT2D eigenvalue weighted by Crippen LogP contribution is 2.36. The lowest BCUT2D eigenvalue weighted by atomic mass is 10.1. The van der Waals surface area contributed by atoms with Crippen molar-refractivity contribution < 1.29 is 4.79 Å². The monoisotopic (exact) mass is 479 g/mol. The zero-order valence-electron chi connectivity index (χ0n) is 19.4. The van der Waals surface area contributed by atoms with Crippen LogP contribution in [0.15, 0.2) is 91.5 Å². The van der Waals surface area contributed by atoms with E-state index in [9.17, 15) is 4.79 Å². The van der Waals surface area contributed by atoms with E-state index in [-0.39, 0.29) is 12.3 Å². The zero-order chi connectivity index (χ0) is 24.0. The van der Waals surface area contributed by atoms with Gasteiger partial charge in [-0.05, 0) is 23.6 Å². The lowest BCUT2D eigenvalue weighted by Gasteiger charge is -2.07. The lowest BCUT2D eigenvalue weighted by molar-refractivity contribution is -0.120. The van der Waals surface area contributed by atoms with Crippen molar-refractivity contribution in [2.45, 2.75) is 26.4 Å². The third kappa shape index (κ3) is 5.70. The summed E-state index contributed by atoms with van der Waals surface area (Å²) in [5.41, 5.74) is 6.32. The SMILES string of the molecule is Cc1ccc(-c2sc(-c3ccccc3)nc2CC(=O)NCc2ccc(Cn3cncn3)cc2)cc1. The average molecular weight is 480 g/mol. The van der Waals surface area contributed by atoms with Crippen molar-refractivity contribution >= 4 is 17.2 Å². The summed E-state index contributed by atoms with van der Waals surface area (Å²) in [6.45, 7) is 3.21. The molecule has 0 saturated carbocycles. The summed E-state index contributed by atoms with van der Waals surface area (Å²) in [5, 5.41) is 8.10. The largest absolute Gasteiger partial charge is 0.352 e. The van der Waals surface area contributed by atoms with E-state index in [0.717, 1.165) is 37.8 Å². The Bertz CT molecular complexity index is 1390. The predicted molar refractivity (Wildman–Crippen MR) is 139 cm³/mol. The fourth-order valence-electron chi connectivity index (χ4n) is 3.79. The number of hydrogen-bond acceptors (Lipinski definition) is 5. The number of thiazole rings is 1. The molecule has 3 aromatic carbocycles. The van der Waals surface area contributed by atoms with Crippen molar-refractivity contribution in [1.82, 2.24) is 25.1 Å². The Morgan fingerprint density at radius 1 is 0.914 bits per heavy atom. The van der Waals surface area contributed by atoms with Crippen molar-refractivity contribution in [2.75, 3.05) is 0 Å². The summed E-state index contributed by atoms with van der Waals surface area (Å²) in [5.74, 6) is -0.0463. The van der Waals surface area contributed by atoms with Gasteiger partial charge in [-0.15, -0.1) is 11.3 Å². The molecule has 0 aliphatic rings. The van der Waals surface area contributed by atoms with Gasteiger partial charge in [-0.1, -0.05) is 84.4 Å². The molecule has 7 heteroatoms. The maximum Gasteiger partial charge on any atom is 0.226 e. The minimum Gasteiger partial charge on any atom is -0.352 e. The number of hydrogen-bond donors (Lipinski definition) is 1. The molecular formula is C28H25N5OS. The Balaban J connectivity index is 1.28. The number of carbonyl (C=O) groups is 1. The average Bonchev–Trinajstić information content (AvgIpc) is 3.55. The molecule has 0 aliphatic carbocycles. The van der Waals surface area contributed by atoms with E-state index < -0.39 is 0 Å². The van der Waals surface area contributed by atoms with Crippen molar-refractivity contribution in [1.29, 1.82) is 0 Å². The van der Waals surface area contributed by atoms with Crippen molar-refractivity contribution in [3.05, 3.63) is 114 Å². The number of aryl methyl sites for hydroxylation is 1. The van der Waals surface area contributed by atoms with Crippen LogP contribution in [-0.2, 0) is 24.3 Å². The van der Waals surface area contributed by atoms with Crippen LogP contribution in [-0.4, -0.2) is 25.7 Å². The second-order valence-electron chi connectivity index (χ2n) is 8.39. The van der Waals surface area contributed by atoms with Crippen LogP contribution < -0.4 is 5.32 Å². The van der Waals surface area contributed by atoms with Crippen molar-refractivity contribution in [3.8, 4) is 21.0 Å². The van der Waals surface area contributed by atoms with Gasteiger partial charge >= 0.3 is 0 Å². The number of nitrogens with one attached hydrogen (secondary N) is 1. The van der Waals surface area contributed by atoms with Gasteiger partial charge in [0.05, 0.1) is 23.5 Å². The summed E-state index contributed by atoms with van der Waals surface area (Å²) in [6.07, 6.45) is 3.46. The van der Waals surface area contributed by atoms with Crippen LogP contribution in [0.2, 0.25) is 0 Å². The Labute approximate surface area is 208 Å². The molecule has 0 fully saturated rings. The van der Waals surface area contributed by atoms with Crippen LogP contribution in [0.3, 0.4) is 0 Å². The Morgan fingerprint density at radius 2 is 1.66 bits per heavy atom. The molecule has 6 nitrogen and oxygen atoms in total. The molecule has 5 rings (SSSR count). The summed E-state index contributed by atoms with van der Waals surface area (Å²) in [6, 6.07) is 26.6. The first-order chi connectivity index (χ1) is 17.1. The highest BCUT2D eigenvalue weighted by atomic mass is 32.1. The zero-order valence-corrected chi connectivity index (χ0v) is 20.2. The van der Waals surface area contributed by atoms with Crippen LogP contribution in [0, 0.1) is 6.92 Å². The molecule has 1 amide bonds. The van der Waals surface area contributed by atoms with E-state index in [1.165, 1.54) is 11.9 Å². The van der Waals surface area contributed by atoms with Gasteiger partial charge in [0.15, 0.2) is 0 Å². The number of carbonyl (C=O) groups excluding carboxylic acids is 1. The lowest BCUT2D eigenvalue weighted by Crippen LogP contribution is -2.24. The van der Waals surface area contributed by atoms with Crippen LogP contribution in [0.25, 0.3) is 21.0 Å². The number of rotatable bonds is 8. The maximum atomic E-state index is 12.9. The Hall–Kier alpha value is -4.10. The number of nitrogens with zero attached hydrogens (tertiary/aromatic N) is 4. The van der Waals surface area contributed by atoms with Crippen LogP contribution in [0.1, 0.15) is 22.4 Å². The van der Waals surface area contributed by atoms with Gasteiger partial charge in [-0.3, -0.25) is 4.79 Å². The van der Waals surface area contributed by atoms with Crippen molar-refractivity contribution in [2.24, 2.45) is 0 Å². The van der Waals surface area contributed by atoms with E-state index in [4.69, 9.17) is 4.98 Å². The standard InChI is InChI=1S/C28H25N5OS/c1-20-7-13-23(14-8-20)27-25(32-28(35-27)24-5-3-2-4-6-24)15-26(34)30-16-21-9-11-22(12-10-21)17-33-19-29-18-31-33/h2-14,18-19H,15-17H2,1H3,(H,30,34). The van der Waals surface area contributed by atoms with Gasteiger partial charge in [-0.25, -0.2) is 14.6 Å². The first-order valence-electron chi connectivity index (χ1n) is 11.4. The number of benzene rings is 3. The third-order valence-corrected chi connectivity index (χ3v) is 6.88. The Kier molecular flexibility index (Phi) is 6.77. The van der Waals surface area contributed by atoms with Gasteiger partial charge in [0.1, 0.15) is 17.7 Å². The fraction of sp³-hybridized carbons (Fsp3) is 0.143. The number of amides is 1. The molecule has 0 atom stereocenters. The molecule has 0 aliphatic heterocycles. The van der Waals surface area contributed by atoms with E-state index in [1.807, 2.05) is 54.6 Å². The molecule has 0 bridgehead atoms. The van der Waals surface area contributed by atoms with Crippen molar-refractivity contribution in [3.63, 3.8) is 0 Å². The first-order valence-corrected chi connectivity index (χ1v) is 12.2.